The Bertz CT molecular complexity index is 561. The quantitative estimate of drug-likeness (QED) is 0.753. The van der Waals surface area contributed by atoms with Gasteiger partial charge in [0.2, 0.25) is 0 Å². The lowest BCUT2D eigenvalue weighted by molar-refractivity contribution is -0.148. The molecule has 1 fully saturated rings. The van der Waals surface area contributed by atoms with Crippen molar-refractivity contribution < 1.29 is 14.3 Å². The van der Waals surface area contributed by atoms with Gasteiger partial charge in [-0.05, 0) is 36.6 Å². The molecule has 1 saturated heterocycles. The zero-order valence-corrected chi connectivity index (χ0v) is 15.2. The fourth-order valence-corrected chi connectivity index (χ4v) is 4.11. The van der Waals surface area contributed by atoms with Gasteiger partial charge in [0.05, 0.1) is 12.0 Å². The zero-order chi connectivity index (χ0) is 17.0. The third-order valence-electron chi connectivity index (χ3n) is 3.65. The summed E-state index contributed by atoms with van der Waals surface area (Å²) in [6, 6.07) is 6.24. The van der Waals surface area contributed by atoms with Gasteiger partial charge in [0.1, 0.15) is 6.04 Å². The van der Waals surface area contributed by atoms with Crippen LogP contribution in [0.5, 0.6) is 0 Å². The lowest BCUT2D eigenvalue weighted by Gasteiger charge is -2.30. The van der Waals surface area contributed by atoms with Gasteiger partial charge < -0.3 is 9.64 Å². The number of benzene rings is 1. The van der Waals surface area contributed by atoms with Gasteiger partial charge in [-0.1, -0.05) is 32.4 Å². The standard InChI is InChI=1S/C17H22ClNO3S/c1-4-9-22-17(21)14-10-23-16(11(2)3)19(14)15(20)12-5-7-13(18)8-6-12/h5-8,11,14,16H,4,9-10H2,1-3H3/t14-,16-/m0/s1. The first kappa shape index (κ1) is 18.1. The van der Waals surface area contributed by atoms with Crippen LogP contribution in [-0.2, 0) is 9.53 Å². The first-order chi connectivity index (χ1) is 11.0. The van der Waals surface area contributed by atoms with Crippen molar-refractivity contribution in [3.05, 3.63) is 34.9 Å². The molecule has 1 aromatic rings. The highest BCUT2D eigenvalue weighted by Gasteiger charge is 2.43. The van der Waals surface area contributed by atoms with Crippen LogP contribution in [-0.4, -0.2) is 40.6 Å². The zero-order valence-electron chi connectivity index (χ0n) is 13.6. The van der Waals surface area contributed by atoms with E-state index in [0.29, 0.717) is 22.9 Å². The molecule has 23 heavy (non-hydrogen) atoms. The minimum absolute atomic E-state index is 0.0302. The number of hydrogen-bond acceptors (Lipinski definition) is 4. The second-order valence-corrected chi connectivity index (χ2v) is 7.46. The van der Waals surface area contributed by atoms with Crippen molar-refractivity contribution >= 4 is 35.2 Å². The summed E-state index contributed by atoms with van der Waals surface area (Å²) in [6.07, 6.45) is 0.768. The first-order valence-electron chi connectivity index (χ1n) is 7.82. The molecule has 0 N–H and O–H groups in total. The molecule has 2 atom stereocenters. The van der Waals surface area contributed by atoms with Crippen molar-refractivity contribution in [1.29, 1.82) is 0 Å². The van der Waals surface area contributed by atoms with E-state index in [4.69, 9.17) is 16.3 Å². The van der Waals surface area contributed by atoms with Crippen LogP contribution in [0.3, 0.4) is 0 Å². The van der Waals surface area contributed by atoms with Crippen LogP contribution in [0.4, 0.5) is 0 Å². The summed E-state index contributed by atoms with van der Waals surface area (Å²) in [6.45, 7) is 6.44. The van der Waals surface area contributed by atoms with Crippen molar-refractivity contribution in [2.45, 2.75) is 38.6 Å². The molecule has 1 aromatic carbocycles. The number of hydrogen-bond donors (Lipinski definition) is 0. The summed E-state index contributed by atoms with van der Waals surface area (Å²) in [5.41, 5.74) is 0.538. The Morgan fingerprint density at radius 1 is 1.35 bits per heavy atom. The molecule has 1 aliphatic rings. The van der Waals surface area contributed by atoms with Crippen LogP contribution in [0.25, 0.3) is 0 Å². The average Bonchev–Trinajstić information content (AvgIpc) is 2.97. The Morgan fingerprint density at radius 2 is 2.00 bits per heavy atom. The second-order valence-electron chi connectivity index (χ2n) is 5.87. The van der Waals surface area contributed by atoms with E-state index in [1.165, 1.54) is 0 Å². The molecule has 2 rings (SSSR count). The van der Waals surface area contributed by atoms with Gasteiger partial charge in [-0.15, -0.1) is 11.8 Å². The fraction of sp³-hybridized carbons (Fsp3) is 0.529. The van der Waals surface area contributed by atoms with E-state index in [-0.39, 0.29) is 23.2 Å². The van der Waals surface area contributed by atoms with E-state index in [0.717, 1.165) is 6.42 Å². The predicted octanol–water partition coefficient (Wildman–Crippen LogP) is 3.83. The number of halogens is 1. The third-order valence-corrected chi connectivity index (χ3v) is 5.52. The number of esters is 1. The second kappa shape index (κ2) is 8.06. The van der Waals surface area contributed by atoms with Crippen molar-refractivity contribution in [2.24, 2.45) is 5.92 Å². The van der Waals surface area contributed by atoms with Crippen LogP contribution in [0.15, 0.2) is 24.3 Å². The molecule has 0 radical (unpaired) electrons. The molecular formula is C17H22ClNO3S. The monoisotopic (exact) mass is 355 g/mol. The Morgan fingerprint density at radius 3 is 2.57 bits per heavy atom. The van der Waals surface area contributed by atoms with Crippen LogP contribution in [0.2, 0.25) is 5.02 Å². The third kappa shape index (κ3) is 4.21. The number of nitrogens with zero attached hydrogens (tertiary/aromatic N) is 1. The highest BCUT2D eigenvalue weighted by Crippen LogP contribution is 2.35. The normalized spacial score (nSPS) is 20.8. The summed E-state index contributed by atoms with van der Waals surface area (Å²) in [5, 5.41) is 0.550. The molecule has 1 aliphatic heterocycles. The molecule has 4 nitrogen and oxygen atoms in total. The van der Waals surface area contributed by atoms with E-state index in [2.05, 4.69) is 13.8 Å². The molecule has 0 bridgehead atoms. The Labute approximate surface area is 146 Å². The molecule has 1 heterocycles. The van der Waals surface area contributed by atoms with Gasteiger partial charge in [0, 0.05) is 16.3 Å². The molecule has 0 saturated carbocycles. The van der Waals surface area contributed by atoms with Crippen molar-refractivity contribution in [1.82, 2.24) is 4.90 Å². The summed E-state index contributed by atoms with van der Waals surface area (Å²) < 4.78 is 5.27. The topological polar surface area (TPSA) is 46.6 Å². The van der Waals surface area contributed by atoms with Gasteiger partial charge >= 0.3 is 5.97 Å². The van der Waals surface area contributed by atoms with E-state index in [1.807, 2.05) is 6.92 Å². The lowest BCUT2D eigenvalue weighted by Crippen LogP contribution is -2.47. The van der Waals surface area contributed by atoms with Crippen LogP contribution in [0, 0.1) is 5.92 Å². The number of ether oxygens (including phenoxy) is 1. The summed E-state index contributed by atoms with van der Waals surface area (Å²) in [5.74, 6) is 0.360. The Balaban J connectivity index is 2.25. The number of carbonyl (C=O) groups excluding carboxylic acids is 2. The molecule has 6 heteroatoms. The molecule has 1 amide bonds. The maximum Gasteiger partial charge on any atom is 0.329 e. The first-order valence-corrected chi connectivity index (χ1v) is 9.24. The molecular weight excluding hydrogens is 334 g/mol. The molecule has 0 aromatic heterocycles. The van der Waals surface area contributed by atoms with Crippen LogP contribution < -0.4 is 0 Å². The van der Waals surface area contributed by atoms with Crippen molar-refractivity contribution in [2.75, 3.05) is 12.4 Å². The Hall–Kier alpha value is -1.20. The van der Waals surface area contributed by atoms with E-state index >= 15 is 0 Å². The molecule has 126 valence electrons. The minimum Gasteiger partial charge on any atom is -0.464 e. The molecule has 0 aliphatic carbocycles. The molecule has 0 unspecified atom stereocenters. The van der Waals surface area contributed by atoms with Crippen LogP contribution in [0.1, 0.15) is 37.6 Å². The SMILES string of the molecule is CCCOC(=O)[C@@H]1CS[C@@H](C(C)C)N1C(=O)c1ccc(Cl)cc1. The maximum absolute atomic E-state index is 12.9. The van der Waals surface area contributed by atoms with Crippen LogP contribution >= 0.6 is 23.4 Å². The summed E-state index contributed by atoms with van der Waals surface area (Å²) in [4.78, 5) is 26.9. The number of carbonyl (C=O) groups is 2. The fourth-order valence-electron chi connectivity index (χ4n) is 2.52. The highest BCUT2D eigenvalue weighted by atomic mass is 35.5. The summed E-state index contributed by atoms with van der Waals surface area (Å²) >= 11 is 7.52. The van der Waals surface area contributed by atoms with E-state index in [1.54, 1.807) is 40.9 Å². The number of thioether (sulfide) groups is 1. The average molecular weight is 356 g/mol. The smallest absolute Gasteiger partial charge is 0.329 e. The minimum atomic E-state index is -0.526. The highest BCUT2D eigenvalue weighted by molar-refractivity contribution is 8.00. The Kier molecular flexibility index (Phi) is 6.36. The number of amides is 1. The summed E-state index contributed by atoms with van der Waals surface area (Å²) in [7, 11) is 0. The largest absolute Gasteiger partial charge is 0.464 e. The van der Waals surface area contributed by atoms with Gasteiger partial charge in [-0.3, -0.25) is 4.79 Å². The van der Waals surface area contributed by atoms with Crippen molar-refractivity contribution in [3.63, 3.8) is 0 Å². The number of rotatable bonds is 5. The van der Waals surface area contributed by atoms with E-state index < -0.39 is 6.04 Å². The van der Waals surface area contributed by atoms with Crippen molar-refractivity contribution in [3.8, 4) is 0 Å². The molecule has 0 spiro atoms. The van der Waals surface area contributed by atoms with E-state index in [9.17, 15) is 9.59 Å². The lowest BCUT2D eigenvalue weighted by atomic mass is 10.1. The van der Waals surface area contributed by atoms with Gasteiger partial charge in [-0.25, -0.2) is 4.79 Å². The maximum atomic E-state index is 12.9. The van der Waals surface area contributed by atoms with Gasteiger partial charge in [0.15, 0.2) is 0 Å². The van der Waals surface area contributed by atoms with Gasteiger partial charge in [0.25, 0.3) is 5.91 Å². The van der Waals surface area contributed by atoms with Gasteiger partial charge in [-0.2, -0.15) is 0 Å². The predicted molar refractivity (Wildman–Crippen MR) is 93.7 cm³/mol.